The van der Waals surface area contributed by atoms with Crippen molar-refractivity contribution >= 4 is 16.8 Å². The molecule has 1 fully saturated rings. The molecule has 0 unspecified atom stereocenters. The minimum Gasteiger partial charge on any atom is -0.348 e. The van der Waals surface area contributed by atoms with Crippen molar-refractivity contribution in [1.82, 2.24) is 15.3 Å². The second-order valence-electron chi connectivity index (χ2n) is 7.48. The quantitative estimate of drug-likeness (QED) is 0.741. The number of nitrogens with one attached hydrogen (secondary N) is 1. The van der Waals surface area contributed by atoms with Crippen molar-refractivity contribution in [1.29, 1.82) is 0 Å². The zero-order valence-electron chi connectivity index (χ0n) is 15.7. The molecule has 1 N–H and O–H groups in total. The normalized spacial score (nSPS) is 15.0. The lowest BCUT2D eigenvalue weighted by Crippen LogP contribution is -2.36. The molecule has 4 heteroatoms. The largest absolute Gasteiger partial charge is 0.348 e. The van der Waals surface area contributed by atoms with Gasteiger partial charge in [-0.15, -0.1) is 0 Å². The number of carbonyl (C=O) groups is 1. The molecule has 1 aromatic carbocycles. The maximum Gasteiger partial charge on any atom is 0.270 e. The average molecular weight is 359 g/mol. The van der Waals surface area contributed by atoms with Gasteiger partial charge in [-0.25, -0.2) is 4.98 Å². The summed E-state index contributed by atoms with van der Waals surface area (Å²) in [6.45, 7) is 1.99. The van der Waals surface area contributed by atoms with Crippen molar-refractivity contribution in [2.24, 2.45) is 0 Å². The zero-order valence-corrected chi connectivity index (χ0v) is 15.7. The van der Waals surface area contributed by atoms with E-state index in [0.717, 1.165) is 47.0 Å². The number of amides is 1. The van der Waals surface area contributed by atoms with Gasteiger partial charge in [-0.3, -0.25) is 9.78 Å². The van der Waals surface area contributed by atoms with Crippen molar-refractivity contribution in [2.45, 2.75) is 51.5 Å². The van der Waals surface area contributed by atoms with E-state index in [4.69, 9.17) is 0 Å². The number of hydrogen-bond acceptors (Lipinski definition) is 3. The van der Waals surface area contributed by atoms with Crippen LogP contribution in [0.1, 0.15) is 59.4 Å². The first-order valence-electron chi connectivity index (χ1n) is 9.80. The molecule has 0 spiro atoms. The lowest BCUT2D eigenvalue weighted by molar-refractivity contribution is 0.0923. The van der Waals surface area contributed by atoms with E-state index >= 15 is 0 Å². The average Bonchev–Trinajstić information content (AvgIpc) is 2.70. The molecule has 27 heavy (non-hydrogen) atoms. The zero-order chi connectivity index (χ0) is 18.6. The van der Waals surface area contributed by atoms with Crippen molar-refractivity contribution in [3.63, 3.8) is 0 Å². The minimum absolute atomic E-state index is 0.0593. The van der Waals surface area contributed by atoms with Gasteiger partial charge in [0.2, 0.25) is 0 Å². The Balaban J connectivity index is 1.65. The third-order valence-corrected chi connectivity index (χ3v) is 5.34. The van der Waals surface area contributed by atoms with Gasteiger partial charge in [0.1, 0.15) is 5.69 Å². The molecule has 0 atom stereocenters. The number of para-hydroxylation sites is 1. The van der Waals surface area contributed by atoms with Crippen molar-refractivity contribution in [3.8, 4) is 0 Å². The SMILES string of the molecule is Cc1ccc(Cc2cc(C(=O)NC3CCCCC3)nc3ccccc23)cn1. The molecule has 4 rings (SSSR count). The number of aromatic nitrogens is 2. The van der Waals surface area contributed by atoms with Crippen LogP contribution in [0.5, 0.6) is 0 Å². The molecule has 0 aliphatic heterocycles. The van der Waals surface area contributed by atoms with Gasteiger partial charge in [0.25, 0.3) is 5.91 Å². The van der Waals surface area contributed by atoms with Crippen LogP contribution in [0.25, 0.3) is 10.9 Å². The highest BCUT2D eigenvalue weighted by molar-refractivity contribution is 5.96. The Hall–Kier alpha value is -2.75. The van der Waals surface area contributed by atoms with E-state index in [0.29, 0.717) is 5.69 Å². The van der Waals surface area contributed by atoms with E-state index in [1.165, 1.54) is 19.3 Å². The fraction of sp³-hybridized carbons (Fsp3) is 0.348. The first-order valence-corrected chi connectivity index (χ1v) is 9.80. The van der Waals surface area contributed by atoms with E-state index in [1.54, 1.807) is 0 Å². The molecule has 1 amide bonds. The van der Waals surface area contributed by atoms with Gasteiger partial charge in [-0.1, -0.05) is 43.5 Å². The van der Waals surface area contributed by atoms with Crippen LogP contribution >= 0.6 is 0 Å². The predicted octanol–water partition coefficient (Wildman–Crippen LogP) is 4.59. The summed E-state index contributed by atoms with van der Waals surface area (Å²) in [7, 11) is 0. The Morgan fingerprint density at radius 2 is 1.93 bits per heavy atom. The summed E-state index contributed by atoms with van der Waals surface area (Å²) in [5, 5.41) is 4.27. The first kappa shape index (κ1) is 17.7. The molecule has 0 saturated heterocycles. The summed E-state index contributed by atoms with van der Waals surface area (Å²) in [6, 6.07) is 14.4. The molecule has 4 nitrogen and oxygen atoms in total. The van der Waals surface area contributed by atoms with Gasteiger partial charge in [0.15, 0.2) is 0 Å². The molecular formula is C23H25N3O. The highest BCUT2D eigenvalue weighted by Gasteiger charge is 2.18. The van der Waals surface area contributed by atoms with Crippen LogP contribution < -0.4 is 5.32 Å². The fourth-order valence-corrected chi connectivity index (χ4v) is 3.84. The molecule has 0 bridgehead atoms. The Morgan fingerprint density at radius 3 is 2.70 bits per heavy atom. The smallest absolute Gasteiger partial charge is 0.270 e. The molecule has 2 heterocycles. The van der Waals surface area contributed by atoms with Crippen LogP contribution in [0.2, 0.25) is 0 Å². The van der Waals surface area contributed by atoms with Gasteiger partial charge in [0.05, 0.1) is 5.52 Å². The van der Waals surface area contributed by atoms with Gasteiger partial charge >= 0.3 is 0 Å². The highest BCUT2D eigenvalue weighted by Crippen LogP contribution is 2.22. The topological polar surface area (TPSA) is 54.9 Å². The van der Waals surface area contributed by atoms with Crippen LogP contribution in [-0.4, -0.2) is 21.9 Å². The summed E-state index contributed by atoms with van der Waals surface area (Å²) >= 11 is 0. The van der Waals surface area contributed by atoms with Gasteiger partial charge in [-0.2, -0.15) is 0 Å². The molecule has 138 valence electrons. The number of nitrogens with zero attached hydrogens (tertiary/aromatic N) is 2. The van der Waals surface area contributed by atoms with Gasteiger partial charge in [-0.05, 0) is 55.5 Å². The van der Waals surface area contributed by atoms with Crippen LogP contribution in [0.3, 0.4) is 0 Å². The number of pyridine rings is 2. The number of carbonyl (C=O) groups excluding carboxylic acids is 1. The molecule has 1 saturated carbocycles. The second kappa shape index (κ2) is 7.87. The van der Waals surface area contributed by atoms with E-state index in [1.807, 2.05) is 43.5 Å². The Labute approximate surface area is 160 Å². The molecule has 3 aromatic rings. The molecule has 2 aromatic heterocycles. The summed E-state index contributed by atoms with van der Waals surface area (Å²) < 4.78 is 0. The van der Waals surface area contributed by atoms with Crippen LogP contribution in [-0.2, 0) is 6.42 Å². The van der Waals surface area contributed by atoms with Gasteiger partial charge in [0, 0.05) is 23.3 Å². The van der Waals surface area contributed by atoms with E-state index < -0.39 is 0 Å². The first-order chi connectivity index (χ1) is 13.2. The summed E-state index contributed by atoms with van der Waals surface area (Å²) in [5.41, 5.74) is 4.62. The number of hydrogen-bond donors (Lipinski definition) is 1. The lowest BCUT2D eigenvalue weighted by atomic mass is 9.95. The summed E-state index contributed by atoms with van der Waals surface area (Å²) in [4.78, 5) is 21.8. The van der Waals surface area contributed by atoms with Crippen LogP contribution in [0, 0.1) is 6.92 Å². The third-order valence-electron chi connectivity index (χ3n) is 5.34. The standard InChI is InChI=1S/C23H25N3O/c1-16-11-12-17(15-24-16)13-18-14-22(26-21-10-6-5-9-20(18)21)23(27)25-19-7-3-2-4-8-19/h5-6,9-12,14-15,19H,2-4,7-8,13H2,1H3,(H,25,27). The monoisotopic (exact) mass is 359 g/mol. The second-order valence-corrected chi connectivity index (χ2v) is 7.48. The van der Waals surface area contributed by atoms with Crippen LogP contribution in [0.15, 0.2) is 48.7 Å². The number of benzene rings is 1. The molecule has 1 aliphatic rings. The molecule has 1 aliphatic carbocycles. The number of aryl methyl sites for hydroxylation is 1. The summed E-state index contributed by atoms with van der Waals surface area (Å²) in [6.07, 6.45) is 8.45. The molecular weight excluding hydrogens is 334 g/mol. The number of rotatable bonds is 4. The van der Waals surface area contributed by atoms with Gasteiger partial charge < -0.3 is 5.32 Å². The highest BCUT2D eigenvalue weighted by atomic mass is 16.1. The fourth-order valence-electron chi connectivity index (χ4n) is 3.84. The van der Waals surface area contributed by atoms with Crippen molar-refractivity contribution in [3.05, 3.63) is 71.2 Å². The Bertz CT molecular complexity index is 943. The van der Waals surface area contributed by atoms with Crippen LogP contribution in [0.4, 0.5) is 0 Å². The number of fused-ring (bicyclic) bond motifs is 1. The Kier molecular flexibility index (Phi) is 5.14. The predicted molar refractivity (Wildman–Crippen MR) is 108 cm³/mol. The summed E-state index contributed by atoms with van der Waals surface area (Å²) in [5.74, 6) is -0.0593. The maximum absolute atomic E-state index is 12.8. The third kappa shape index (κ3) is 4.16. The minimum atomic E-state index is -0.0593. The van der Waals surface area contributed by atoms with E-state index in [2.05, 4.69) is 27.4 Å². The van der Waals surface area contributed by atoms with Crippen molar-refractivity contribution < 1.29 is 4.79 Å². The maximum atomic E-state index is 12.8. The van der Waals surface area contributed by atoms with Crippen molar-refractivity contribution in [2.75, 3.05) is 0 Å². The van der Waals surface area contributed by atoms with E-state index in [9.17, 15) is 4.79 Å². The Morgan fingerprint density at radius 1 is 1.11 bits per heavy atom. The van der Waals surface area contributed by atoms with E-state index in [-0.39, 0.29) is 11.9 Å². The molecule has 0 radical (unpaired) electrons. The lowest BCUT2D eigenvalue weighted by Gasteiger charge is -2.22.